The lowest BCUT2D eigenvalue weighted by molar-refractivity contribution is 0.566. The summed E-state index contributed by atoms with van der Waals surface area (Å²) in [4.78, 5) is 0.135. The van der Waals surface area contributed by atoms with Gasteiger partial charge in [0, 0.05) is 11.1 Å². The van der Waals surface area contributed by atoms with Crippen molar-refractivity contribution >= 4 is 21.6 Å². The van der Waals surface area contributed by atoms with E-state index in [9.17, 15) is 12.8 Å². The first-order chi connectivity index (χ1) is 9.38. The molecule has 1 atom stereocenters. The molecule has 0 aromatic heterocycles. The maximum Gasteiger partial charge on any atom is 0.241 e. The van der Waals surface area contributed by atoms with Crippen LogP contribution in [0.5, 0.6) is 0 Å². The van der Waals surface area contributed by atoms with E-state index in [1.165, 1.54) is 36.4 Å². The Kier molecular flexibility index (Phi) is 4.42. The van der Waals surface area contributed by atoms with Gasteiger partial charge in [0.15, 0.2) is 0 Å². The molecule has 0 saturated carbocycles. The summed E-state index contributed by atoms with van der Waals surface area (Å²) in [6.45, 7) is 1.70. The Balaban J connectivity index is 2.19. The highest BCUT2D eigenvalue weighted by Gasteiger charge is 2.18. The van der Waals surface area contributed by atoms with E-state index < -0.39 is 16.1 Å². The average molecular weight is 314 g/mol. The van der Waals surface area contributed by atoms with Gasteiger partial charge in [0.25, 0.3) is 0 Å². The summed E-state index contributed by atoms with van der Waals surface area (Å²) in [5.74, 6) is -0.360. The zero-order valence-corrected chi connectivity index (χ0v) is 12.2. The molecule has 0 saturated heterocycles. The van der Waals surface area contributed by atoms with Crippen LogP contribution in [-0.2, 0) is 10.0 Å². The lowest BCUT2D eigenvalue weighted by Crippen LogP contribution is -2.26. The second-order valence-corrected chi connectivity index (χ2v) is 6.50. The normalized spacial score (nSPS) is 13.2. The Hall–Kier alpha value is -1.43. The molecule has 0 radical (unpaired) electrons. The molecule has 0 spiro atoms. The van der Waals surface area contributed by atoms with E-state index in [1.54, 1.807) is 19.1 Å². The molecule has 3 nitrogen and oxygen atoms in total. The van der Waals surface area contributed by atoms with Gasteiger partial charge in [-0.2, -0.15) is 0 Å². The summed E-state index contributed by atoms with van der Waals surface area (Å²) in [5, 5.41) is 0.468. The Bertz CT molecular complexity index is 684. The van der Waals surface area contributed by atoms with Crippen molar-refractivity contribution in [2.24, 2.45) is 0 Å². The van der Waals surface area contributed by atoms with Crippen LogP contribution in [0.25, 0.3) is 0 Å². The fraction of sp³-hybridized carbons (Fsp3) is 0.143. The minimum absolute atomic E-state index is 0.135. The van der Waals surface area contributed by atoms with Crippen molar-refractivity contribution in [1.29, 1.82) is 0 Å². The molecular weight excluding hydrogens is 301 g/mol. The monoisotopic (exact) mass is 313 g/mol. The molecule has 2 aromatic carbocycles. The molecule has 0 aliphatic rings. The minimum atomic E-state index is -3.64. The molecule has 0 heterocycles. The van der Waals surface area contributed by atoms with Crippen molar-refractivity contribution in [2.75, 3.05) is 0 Å². The van der Waals surface area contributed by atoms with Gasteiger partial charge < -0.3 is 0 Å². The maximum atomic E-state index is 12.8. The van der Waals surface area contributed by atoms with Crippen LogP contribution >= 0.6 is 11.6 Å². The summed E-state index contributed by atoms with van der Waals surface area (Å²) >= 11 is 5.73. The fourth-order valence-corrected chi connectivity index (χ4v) is 3.09. The van der Waals surface area contributed by atoms with Crippen molar-refractivity contribution < 1.29 is 12.8 Å². The minimum Gasteiger partial charge on any atom is -0.207 e. The van der Waals surface area contributed by atoms with Gasteiger partial charge >= 0.3 is 0 Å². The van der Waals surface area contributed by atoms with Crippen LogP contribution in [0.2, 0.25) is 5.02 Å². The highest BCUT2D eigenvalue weighted by molar-refractivity contribution is 7.89. The van der Waals surface area contributed by atoms with Crippen LogP contribution in [0.4, 0.5) is 4.39 Å². The SMILES string of the molecule is C[C@@H](NS(=O)(=O)c1ccc(Cl)cc1)c1ccc(F)cc1. The average Bonchev–Trinajstić information content (AvgIpc) is 2.39. The van der Waals surface area contributed by atoms with Crippen LogP contribution < -0.4 is 4.72 Å². The number of hydrogen-bond acceptors (Lipinski definition) is 2. The smallest absolute Gasteiger partial charge is 0.207 e. The largest absolute Gasteiger partial charge is 0.241 e. The number of rotatable bonds is 4. The first-order valence-corrected chi connectivity index (χ1v) is 7.78. The Labute approximate surface area is 122 Å². The Morgan fingerprint density at radius 2 is 1.60 bits per heavy atom. The zero-order valence-electron chi connectivity index (χ0n) is 10.7. The number of sulfonamides is 1. The molecule has 1 N–H and O–H groups in total. The molecule has 0 amide bonds. The van der Waals surface area contributed by atoms with Gasteiger partial charge in [-0.25, -0.2) is 17.5 Å². The van der Waals surface area contributed by atoms with Gasteiger partial charge in [-0.15, -0.1) is 0 Å². The molecule has 2 aromatic rings. The molecule has 6 heteroatoms. The van der Waals surface area contributed by atoms with Crippen LogP contribution in [0, 0.1) is 5.82 Å². The molecule has 2 rings (SSSR count). The van der Waals surface area contributed by atoms with E-state index in [2.05, 4.69) is 4.72 Å². The van der Waals surface area contributed by atoms with Gasteiger partial charge in [0.05, 0.1) is 4.90 Å². The topological polar surface area (TPSA) is 46.2 Å². The van der Waals surface area contributed by atoms with Gasteiger partial charge in [-0.05, 0) is 48.9 Å². The highest BCUT2D eigenvalue weighted by Crippen LogP contribution is 2.18. The third-order valence-corrected chi connectivity index (χ3v) is 4.63. The zero-order chi connectivity index (χ0) is 14.8. The van der Waals surface area contributed by atoms with Crippen molar-refractivity contribution in [2.45, 2.75) is 17.9 Å². The summed E-state index contributed by atoms with van der Waals surface area (Å²) in [5.41, 5.74) is 0.684. The number of nitrogens with one attached hydrogen (secondary N) is 1. The lowest BCUT2D eigenvalue weighted by Gasteiger charge is -2.14. The van der Waals surface area contributed by atoms with Gasteiger partial charge in [0.2, 0.25) is 10.0 Å². The summed E-state index contributed by atoms with van der Waals surface area (Å²) < 4.78 is 39.7. The number of hydrogen-bond donors (Lipinski definition) is 1. The first kappa shape index (κ1) is 15.0. The lowest BCUT2D eigenvalue weighted by atomic mass is 10.1. The molecule has 0 unspecified atom stereocenters. The van der Waals surface area contributed by atoms with Gasteiger partial charge in [-0.3, -0.25) is 0 Å². The fourth-order valence-electron chi connectivity index (χ4n) is 1.73. The standard InChI is InChI=1S/C14H13ClFNO2S/c1-10(11-2-6-13(16)7-3-11)17-20(18,19)14-8-4-12(15)5-9-14/h2-10,17H,1H3/t10-/m1/s1. The maximum absolute atomic E-state index is 12.8. The predicted octanol–water partition coefficient (Wildman–Crippen LogP) is 3.52. The predicted molar refractivity (Wildman–Crippen MR) is 76.6 cm³/mol. The summed E-state index contributed by atoms with van der Waals surface area (Å²) in [6.07, 6.45) is 0. The summed E-state index contributed by atoms with van der Waals surface area (Å²) in [6, 6.07) is 11.1. The van der Waals surface area contributed by atoms with Crippen molar-refractivity contribution in [3.05, 3.63) is 64.9 Å². The molecule has 0 bridgehead atoms. The van der Waals surface area contributed by atoms with Crippen LogP contribution in [0.1, 0.15) is 18.5 Å². The van der Waals surface area contributed by atoms with E-state index >= 15 is 0 Å². The van der Waals surface area contributed by atoms with Crippen LogP contribution in [0.3, 0.4) is 0 Å². The second-order valence-electron chi connectivity index (χ2n) is 4.35. The molecule has 0 aliphatic heterocycles. The van der Waals surface area contributed by atoms with Crippen LogP contribution in [0.15, 0.2) is 53.4 Å². The third kappa shape index (κ3) is 3.56. The molecule has 0 aliphatic carbocycles. The third-order valence-electron chi connectivity index (χ3n) is 2.83. The quantitative estimate of drug-likeness (QED) is 0.938. The van der Waals surface area contributed by atoms with E-state index in [-0.39, 0.29) is 10.7 Å². The van der Waals surface area contributed by atoms with Crippen molar-refractivity contribution in [3.63, 3.8) is 0 Å². The van der Waals surface area contributed by atoms with E-state index in [4.69, 9.17) is 11.6 Å². The molecular formula is C14H13ClFNO2S. The van der Waals surface area contributed by atoms with Crippen LogP contribution in [-0.4, -0.2) is 8.42 Å². The Morgan fingerprint density at radius 3 is 2.15 bits per heavy atom. The number of benzene rings is 2. The first-order valence-electron chi connectivity index (χ1n) is 5.92. The summed E-state index contributed by atoms with van der Waals surface area (Å²) in [7, 11) is -3.64. The second kappa shape index (κ2) is 5.91. The molecule has 106 valence electrons. The van der Waals surface area contributed by atoms with Gasteiger partial charge in [0.1, 0.15) is 5.82 Å². The van der Waals surface area contributed by atoms with Gasteiger partial charge in [-0.1, -0.05) is 23.7 Å². The van der Waals surface area contributed by atoms with Crippen molar-refractivity contribution in [1.82, 2.24) is 4.72 Å². The van der Waals surface area contributed by atoms with E-state index in [0.29, 0.717) is 10.6 Å². The van der Waals surface area contributed by atoms with E-state index in [1.807, 2.05) is 0 Å². The molecule has 0 fully saturated rings. The Morgan fingerprint density at radius 1 is 1.05 bits per heavy atom. The molecule has 20 heavy (non-hydrogen) atoms. The van der Waals surface area contributed by atoms with Crippen molar-refractivity contribution in [3.8, 4) is 0 Å². The highest BCUT2D eigenvalue weighted by atomic mass is 35.5. The number of halogens is 2. The van der Waals surface area contributed by atoms with E-state index in [0.717, 1.165) is 0 Å².